The van der Waals surface area contributed by atoms with Crippen LogP contribution in [0.1, 0.15) is 32.6 Å². The van der Waals surface area contributed by atoms with Gasteiger partial charge in [-0.05, 0) is 37.5 Å². The molecule has 2 heterocycles. The van der Waals surface area contributed by atoms with Gasteiger partial charge in [-0.25, -0.2) is 0 Å². The minimum Gasteiger partial charge on any atom is -0.360 e. The van der Waals surface area contributed by atoms with Gasteiger partial charge in [0.1, 0.15) is 11.9 Å². The molecule has 1 aromatic carbocycles. The van der Waals surface area contributed by atoms with E-state index in [0.29, 0.717) is 19.4 Å². The van der Waals surface area contributed by atoms with Crippen LogP contribution in [0.4, 0.5) is 5.69 Å². The molecule has 1 atom stereocenters. The van der Waals surface area contributed by atoms with Gasteiger partial charge in [0.15, 0.2) is 0 Å². The number of carbonyl (C=O) groups excluding carboxylic acids is 2. The maximum absolute atomic E-state index is 12.7. The number of nitrogens with zero attached hydrogens (tertiary/aromatic N) is 2. The van der Waals surface area contributed by atoms with Gasteiger partial charge in [0, 0.05) is 38.2 Å². The molecular weight excluding hydrogens is 412 g/mol. The number of hydrogen-bond donors (Lipinski definition) is 0. The van der Waals surface area contributed by atoms with Crippen LogP contribution in [0.25, 0.3) is 0 Å². The molecule has 0 bridgehead atoms. The number of allylic oxidation sites excluding steroid dienone is 4. The lowest BCUT2D eigenvalue weighted by molar-refractivity contribution is -0.161. The molecule has 3 rings (SSSR count). The molecule has 6 heteroatoms. The van der Waals surface area contributed by atoms with E-state index in [1.165, 1.54) is 0 Å². The van der Waals surface area contributed by atoms with Gasteiger partial charge in [0.2, 0.25) is 0 Å². The molecular formula is C25H33ClN2O3. The van der Waals surface area contributed by atoms with E-state index in [1.807, 2.05) is 48.2 Å². The Morgan fingerprint density at radius 3 is 2.52 bits per heavy atom. The van der Waals surface area contributed by atoms with E-state index in [4.69, 9.17) is 4.74 Å². The van der Waals surface area contributed by atoms with E-state index in [1.54, 1.807) is 12.2 Å². The molecule has 2 saturated heterocycles. The van der Waals surface area contributed by atoms with E-state index in [9.17, 15) is 9.59 Å². The third-order valence-electron chi connectivity index (χ3n) is 6.02. The highest BCUT2D eigenvalue weighted by molar-refractivity contribution is 5.97. The second-order valence-electron chi connectivity index (χ2n) is 8.19. The largest absolute Gasteiger partial charge is 0.360 e. The van der Waals surface area contributed by atoms with Crippen LogP contribution in [-0.2, 0) is 14.3 Å². The summed E-state index contributed by atoms with van der Waals surface area (Å²) in [5, 5.41) is 0. The number of piperidine rings is 1. The summed E-state index contributed by atoms with van der Waals surface area (Å²) in [5.74, 6) is 0.233. The molecule has 0 aliphatic carbocycles. The molecule has 0 radical (unpaired) electrons. The number of halogens is 1. The zero-order chi connectivity index (χ0) is 21.6. The second-order valence-corrected chi connectivity index (χ2v) is 8.19. The van der Waals surface area contributed by atoms with E-state index in [2.05, 4.69) is 18.1 Å². The zero-order valence-electron chi connectivity index (χ0n) is 18.3. The summed E-state index contributed by atoms with van der Waals surface area (Å²) in [6, 6.07) is 9.82. The summed E-state index contributed by atoms with van der Waals surface area (Å²) in [4.78, 5) is 29.2. The Morgan fingerprint density at radius 2 is 1.90 bits per heavy atom. The predicted molar refractivity (Wildman–Crippen MR) is 128 cm³/mol. The number of anilines is 1. The fourth-order valence-electron chi connectivity index (χ4n) is 4.28. The van der Waals surface area contributed by atoms with Crippen molar-refractivity contribution in [3.63, 3.8) is 0 Å². The van der Waals surface area contributed by atoms with Crippen LogP contribution in [0.15, 0.2) is 67.3 Å². The zero-order valence-corrected chi connectivity index (χ0v) is 19.1. The Hall–Kier alpha value is -2.21. The maximum atomic E-state index is 12.7. The van der Waals surface area contributed by atoms with Crippen LogP contribution < -0.4 is 4.90 Å². The number of ketones is 1. The van der Waals surface area contributed by atoms with Crippen molar-refractivity contribution in [1.82, 2.24) is 4.90 Å². The number of amides is 1. The topological polar surface area (TPSA) is 49.9 Å². The summed E-state index contributed by atoms with van der Waals surface area (Å²) < 4.78 is 6.23. The Kier molecular flexibility index (Phi) is 9.23. The number of benzene rings is 1. The SMILES string of the molecule is C=C/C=C(\C=C)CC(=O)CCN1CCC2(CC1)CN(c1ccccc1)C(=O)C(C)O2.Cl. The summed E-state index contributed by atoms with van der Waals surface area (Å²) in [6.45, 7) is 12.3. The second kappa shape index (κ2) is 11.4. The molecule has 0 saturated carbocycles. The minimum absolute atomic E-state index is 0. The first-order valence-electron chi connectivity index (χ1n) is 10.7. The van der Waals surface area contributed by atoms with Gasteiger partial charge in [0.25, 0.3) is 5.91 Å². The molecule has 5 nitrogen and oxygen atoms in total. The molecule has 2 fully saturated rings. The molecule has 1 spiro atoms. The van der Waals surface area contributed by atoms with Crippen LogP contribution in [0.3, 0.4) is 0 Å². The van der Waals surface area contributed by atoms with Crippen molar-refractivity contribution in [2.24, 2.45) is 0 Å². The van der Waals surface area contributed by atoms with Gasteiger partial charge < -0.3 is 14.5 Å². The van der Waals surface area contributed by atoms with Crippen molar-refractivity contribution in [1.29, 1.82) is 0 Å². The lowest BCUT2D eigenvalue weighted by atomic mass is 9.88. The number of Topliss-reactive ketones (excluding diaryl/α,β-unsaturated/α-hetero) is 1. The van der Waals surface area contributed by atoms with Gasteiger partial charge in [0.05, 0.1) is 12.1 Å². The van der Waals surface area contributed by atoms with Gasteiger partial charge >= 0.3 is 0 Å². The average molecular weight is 445 g/mol. The number of rotatable bonds is 8. The van der Waals surface area contributed by atoms with E-state index in [0.717, 1.165) is 43.7 Å². The summed E-state index contributed by atoms with van der Waals surface area (Å²) in [6.07, 6.45) is 7.43. The van der Waals surface area contributed by atoms with Crippen LogP contribution in [0.5, 0.6) is 0 Å². The Morgan fingerprint density at radius 1 is 1.23 bits per heavy atom. The quantitative estimate of drug-likeness (QED) is 0.559. The monoisotopic (exact) mass is 444 g/mol. The first-order valence-corrected chi connectivity index (χ1v) is 10.7. The van der Waals surface area contributed by atoms with Crippen molar-refractivity contribution >= 4 is 29.8 Å². The summed E-state index contributed by atoms with van der Waals surface area (Å²) >= 11 is 0. The van der Waals surface area contributed by atoms with Crippen LogP contribution in [0.2, 0.25) is 0 Å². The number of hydrogen-bond acceptors (Lipinski definition) is 4. The summed E-state index contributed by atoms with van der Waals surface area (Å²) in [5.41, 5.74) is 1.52. The van der Waals surface area contributed by atoms with Crippen LogP contribution in [-0.4, -0.2) is 54.5 Å². The van der Waals surface area contributed by atoms with Crippen molar-refractivity contribution in [3.8, 4) is 0 Å². The van der Waals surface area contributed by atoms with Crippen LogP contribution >= 0.6 is 12.4 Å². The maximum Gasteiger partial charge on any atom is 0.255 e. The molecule has 0 aromatic heterocycles. The predicted octanol–water partition coefficient (Wildman–Crippen LogP) is 4.34. The van der Waals surface area contributed by atoms with Crippen molar-refractivity contribution in [2.75, 3.05) is 31.1 Å². The normalized spacial score (nSPS) is 21.5. The number of para-hydroxylation sites is 1. The van der Waals surface area contributed by atoms with E-state index < -0.39 is 6.10 Å². The third-order valence-corrected chi connectivity index (χ3v) is 6.02. The molecule has 1 amide bonds. The van der Waals surface area contributed by atoms with Crippen molar-refractivity contribution in [3.05, 3.63) is 67.3 Å². The number of likely N-dealkylation sites (tertiary alicyclic amines) is 1. The number of morpholine rings is 1. The number of carbonyl (C=O) groups is 2. The molecule has 168 valence electrons. The van der Waals surface area contributed by atoms with Gasteiger partial charge in [-0.2, -0.15) is 0 Å². The van der Waals surface area contributed by atoms with Crippen molar-refractivity contribution in [2.45, 2.75) is 44.3 Å². The Bertz CT molecular complexity index is 813. The van der Waals surface area contributed by atoms with Gasteiger partial charge in [-0.3, -0.25) is 9.59 Å². The molecule has 31 heavy (non-hydrogen) atoms. The number of ether oxygens (including phenoxy) is 1. The van der Waals surface area contributed by atoms with E-state index in [-0.39, 0.29) is 29.7 Å². The highest BCUT2D eigenvalue weighted by Crippen LogP contribution is 2.35. The van der Waals surface area contributed by atoms with E-state index >= 15 is 0 Å². The lowest BCUT2D eigenvalue weighted by Gasteiger charge is -2.49. The highest BCUT2D eigenvalue weighted by atomic mass is 35.5. The highest BCUT2D eigenvalue weighted by Gasteiger charge is 2.45. The lowest BCUT2D eigenvalue weighted by Crippen LogP contribution is -2.61. The smallest absolute Gasteiger partial charge is 0.255 e. The average Bonchev–Trinajstić information content (AvgIpc) is 2.76. The molecule has 1 aromatic rings. The van der Waals surface area contributed by atoms with Gasteiger partial charge in [-0.15, -0.1) is 12.4 Å². The Balaban J connectivity index is 0.00000341. The van der Waals surface area contributed by atoms with Gasteiger partial charge in [-0.1, -0.05) is 49.6 Å². The minimum atomic E-state index is -0.443. The third kappa shape index (κ3) is 6.39. The first kappa shape index (κ1) is 25.1. The standard InChI is InChI=1S/C25H32N2O3.ClH/c1-4-9-21(5-2)18-23(28)12-15-26-16-13-25(14-17-26)19-27(24(29)20(3)30-25)22-10-7-6-8-11-22;/h4-11,20H,1-2,12-19H2,3H3;1H/b21-9+;. The fourth-order valence-corrected chi connectivity index (χ4v) is 4.28. The first-order chi connectivity index (χ1) is 14.5. The van der Waals surface area contributed by atoms with Crippen molar-refractivity contribution < 1.29 is 14.3 Å². The summed E-state index contributed by atoms with van der Waals surface area (Å²) in [7, 11) is 0. The Labute approximate surface area is 191 Å². The molecule has 1 unspecified atom stereocenters. The molecule has 0 N–H and O–H groups in total. The molecule has 2 aliphatic rings. The van der Waals surface area contributed by atoms with Crippen LogP contribution in [0, 0.1) is 0 Å². The molecule has 2 aliphatic heterocycles. The fraction of sp³-hybridized carbons (Fsp3) is 0.440.